The fraction of sp³-hybridized carbons (Fsp3) is 0.524. The highest BCUT2D eigenvalue weighted by Gasteiger charge is 2.31. The van der Waals surface area contributed by atoms with Crippen LogP contribution in [0.4, 0.5) is 0 Å². The summed E-state index contributed by atoms with van der Waals surface area (Å²) in [4.78, 5) is 19.4. The van der Waals surface area contributed by atoms with Crippen LogP contribution in [0.2, 0.25) is 0 Å². The second-order valence-corrected chi connectivity index (χ2v) is 8.06. The van der Waals surface area contributed by atoms with E-state index in [9.17, 15) is 4.79 Å². The van der Waals surface area contributed by atoms with E-state index in [0.29, 0.717) is 30.4 Å². The third-order valence-electron chi connectivity index (χ3n) is 5.46. The van der Waals surface area contributed by atoms with Crippen LogP contribution in [0.3, 0.4) is 0 Å². The van der Waals surface area contributed by atoms with Crippen molar-refractivity contribution < 1.29 is 19.0 Å². The second-order valence-electron chi connectivity index (χ2n) is 7.35. The standard InChI is InChI=1S/C21H27N3O4S/c25-21(16-2-1-3-19(10-16)28-13-18-14-29-15-23-18)22-11-20(17-4-7-27-12-17)24-5-8-26-9-6-24/h1-3,10,14-15,17,20H,4-9,11-13H2,(H,22,25). The van der Waals surface area contributed by atoms with Crippen LogP contribution in [0.1, 0.15) is 22.5 Å². The van der Waals surface area contributed by atoms with Crippen LogP contribution in [0.5, 0.6) is 5.75 Å². The molecule has 3 heterocycles. The number of thiazole rings is 1. The average Bonchev–Trinajstić information content (AvgIpc) is 3.48. The first-order valence-corrected chi connectivity index (χ1v) is 11.0. The van der Waals surface area contributed by atoms with Gasteiger partial charge in [0.1, 0.15) is 12.4 Å². The summed E-state index contributed by atoms with van der Waals surface area (Å²) in [6.07, 6.45) is 1.04. The minimum atomic E-state index is -0.0821. The maximum atomic E-state index is 12.8. The van der Waals surface area contributed by atoms with E-state index in [1.54, 1.807) is 11.6 Å². The number of carbonyl (C=O) groups is 1. The second kappa shape index (κ2) is 10.2. The van der Waals surface area contributed by atoms with Crippen molar-refractivity contribution in [2.45, 2.75) is 19.1 Å². The van der Waals surface area contributed by atoms with Gasteiger partial charge in [0.15, 0.2) is 0 Å². The van der Waals surface area contributed by atoms with Crippen LogP contribution in [0.25, 0.3) is 0 Å². The minimum Gasteiger partial charge on any atom is -0.487 e. The van der Waals surface area contributed by atoms with Crippen LogP contribution < -0.4 is 10.1 Å². The van der Waals surface area contributed by atoms with E-state index >= 15 is 0 Å². The van der Waals surface area contributed by atoms with Gasteiger partial charge in [-0.05, 0) is 24.6 Å². The number of nitrogens with zero attached hydrogens (tertiary/aromatic N) is 2. The molecule has 2 atom stereocenters. The molecule has 2 aromatic rings. The average molecular weight is 418 g/mol. The molecule has 0 aliphatic carbocycles. The van der Waals surface area contributed by atoms with Crippen molar-refractivity contribution in [2.75, 3.05) is 46.1 Å². The number of aromatic nitrogens is 1. The van der Waals surface area contributed by atoms with Crippen molar-refractivity contribution in [2.24, 2.45) is 5.92 Å². The van der Waals surface area contributed by atoms with Crippen molar-refractivity contribution in [1.82, 2.24) is 15.2 Å². The van der Waals surface area contributed by atoms with Crippen LogP contribution >= 0.6 is 11.3 Å². The number of amides is 1. The molecule has 0 bridgehead atoms. The van der Waals surface area contributed by atoms with Gasteiger partial charge in [0, 0.05) is 49.1 Å². The molecular weight excluding hydrogens is 390 g/mol. The number of rotatable bonds is 8. The third-order valence-corrected chi connectivity index (χ3v) is 6.10. The number of hydrogen-bond donors (Lipinski definition) is 1. The number of ether oxygens (including phenoxy) is 3. The molecule has 1 aromatic heterocycles. The van der Waals surface area contributed by atoms with Crippen LogP contribution in [0.15, 0.2) is 35.2 Å². The van der Waals surface area contributed by atoms with Crippen molar-refractivity contribution in [3.63, 3.8) is 0 Å². The van der Waals surface area contributed by atoms with Gasteiger partial charge < -0.3 is 19.5 Å². The molecule has 1 N–H and O–H groups in total. The topological polar surface area (TPSA) is 72.9 Å². The van der Waals surface area contributed by atoms with E-state index in [4.69, 9.17) is 14.2 Å². The highest BCUT2D eigenvalue weighted by molar-refractivity contribution is 7.07. The summed E-state index contributed by atoms with van der Waals surface area (Å²) in [5.41, 5.74) is 3.27. The van der Waals surface area contributed by atoms with Gasteiger partial charge in [0.25, 0.3) is 5.91 Å². The molecule has 2 saturated heterocycles. The molecule has 1 aromatic carbocycles. The lowest BCUT2D eigenvalue weighted by molar-refractivity contribution is 0.00166. The first kappa shape index (κ1) is 20.3. The molecule has 2 fully saturated rings. The summed E-state index contributed by atoms with van der Waals surface area (Å²) in [7, 11) is 0. The molecule has 156 valence electrons. The minimum absolute atomic E-state index is 0.0821. The van der Waals surface area contributed by atoms with Gasteiger partial charge in [-0.2, -0.15) is 0 Å². The number of morpholine rings is 1. The van der Waals surface area contributed by atoms with Crippen LogP contribution in [-0.2, 0) is 16.1 Å². The first-order valence-electron chi connectivity index (χ1n) is 10.1. The lowest BCUT2D eigenvalue weighted by atomic mass is 9.96. The SMILES string of the molecule is O=C(NCC(C1CCOC1)N1CCOCC1)c1cccc(OCc2cscn2)c1. The highest BCUT2D eigenvalue weighted by atomic mass is 32.1. The Hall–Kier alpha value is -2.00. The number of carbonyl (C=O) groups excluding carboxylic acids is 1. The fourth-order valence-corrected chi connectivity index (χ4v) is 4.39. The quantitative estimate of drug-likeness (QED) is 0.710. The van der Waals surface area contributed by atoms with Crippen molar-refractivity contribution in [1.29, 1.82) is 0 Å². The van der Waals surface area contributed by atoms with Gasteiger partial charge in [-0.1, -0.05) is 6.07 Å². The Morgan fingerprint density at radius 3 is 2.97 bits per heavy atom. The lowest BCUT2D eigenvalue weighted by Crippen LogP contribution is -2.52. The zero-order valence-electron chi connectivity index (χ0n) is 16.4. The summed E-state index contributed by atoms with van der Waals surface area (Å²) in [5.74, 6) is 1.03. The van der Waals surface area contributed by atoms with Gasteiger partial charge in [0.05, 0.1) is 31.0 Å². The molecule has 2 unspecified atom stereocenters. The summed E-state index contributed by atoms with van der Waals surface area (Å²) >= 11 is 1.54. The molecule has 0 saturated carbocycles. The summed E-state index contributed by atoms with van der Waals surface area (Å²) in [6, 6.07) is 7.57. The monoisotopic (exact) mass is 417 g/mol. The predicted molar refractivity (Wildman–Crippen MR) is 110 cm³/mol. The molecular formula is C21H27N3O4S. The molecule has 29 heavy (non-hydrogen) atoms. The van der Waals surface area contributed by atoms with Gasteiger partial charge in [-0.25, -0.2) is 4.98 Å². The maximum Gasteiger partial charge on any atom is 0.251 e. The Bertz CT molecular complexity index is 774. The maximum absolute atomic E-state index is 12.8. The Kier molecular flexibility index (Phi) is 7.10. The molecule has 0 spiro atoms. The van der Waals surface area contributed by atoms with Gasteiger partial charge in [-0.15, -0.1) is 11.3 Å². The molecule has 1 amide bonds. The van der Waals surface area contributed by atoms with E-state index in [1.165, 1.54) is 11.3 Å². The van der Waals surface area contributed by atoms with Crippen LogP contribution in [0, 0.1) is 5.92 Å². The smallest absolute Gasteiger partial charge is 0.251 e. The lowest BCUT2D eigenvalue weighted by Gasteiger charge is -2.37. The Morgan fingerprint density at radius 1 is 1.31 bits per heavy atom. The Balaban J connectivity index is 1.35. The fourth-order valence-electron chi connectivity index (χ4n) is 3.85. The van der Waals surface area contributed by atoms with Gasteiger partial charge in [-0.3, -0.25) is 9.69 Å². The molecule has 7 nitrogen and oxygen atoms in total. The van der Waals surface area contributed by atoms with E-state index in [0.717, 1.165) is 51.6 Å². The predicted octanol–water partition coefficient (Wildman–Crippen LogP) is 2.19. The van der Waals surface area contributed by atoms with Crippen LogP contribution in [-0.4, -0.2) is 67.9 Å². The van der Waals surface area contributed by atoms with E-state index in [2.05, 4.69) is 15.2 Å². The first-order chi connectivity index (χ1) is 14.3. The molecule has 4 rings (SSSR count). The normalized spacial score (nSPS) is 21.0. The van der Waals surface area contributed by atoms with Gasteiger partial charge >= 0.3 is 0 Å². The summed E-state index contributed by atoms with van der Waals surface area (Å²) < 4.78 is 16.9. The van der Waals surface area contributed by atoms with E-state index in [1.807, 2.05) is 23.6 Å². The molecule has 8 heteroatoms. The zero-order valence-corrected chi connectivity index (χ0v) is 17.2. The number of benzene rings is 1. The van der Waals surface area contributed by atoms with Crippen molar-refractivity contribution in [3.05, 3.63) is 46.4 Å². The molecule has 2 aliphatic rings. The van der Waals surface area contributed by atoms with Crippen molar-refractivity contribution in [3.8, 4) is 5.75 Å². The molecule has 2 aliphatic heterocycles. The van der Waals surface area contributed by atoms with Crippen molar-refractivity contribution >= 4 is 17.2 Å². The number of hydrogen-bond acceptors (Lipinski definition) is 7. The third kappa shape index (κ3) is 5.54. The van der Waals surface area contributed by atoms with E-state index < -0.39 is 0 Å². The zero-order chi connectivity index (χ0) is 19.9. The van der Waals surface area contributed by atoms with Gasteiger partial charge in [0.2, 0.25) is 0 Å². The molecule has 0 radical (unpaired) electrons. The Labute approximate surface area is 175 Å². The highest BCUT2D eigenvalue weighted by Crippen LogP contribution is 2.22. The Morgan fingerprint density at radius 2 is 2.21 bits per heavy atom. The van der Waals surface area contributed by atoms with E-state index in [-0.39, 0.29) is 11.9 Å². The largest absolute Gasteiger partial charge is 0.487 e. The summed E-state index contributed by atoms with van der Waals surface area (Å²) in [6.45, 7) is 5.86. The number of nitrogens with one attached hydrogen (secondary N) is 1. The summed E-state index contributed by atoms with van der Waals surface area (Å²) in [5, 5.41) is 5.08.